The van der Waals surface area contributed by atoms with Crippen LogP contribution in [0, 0.1) is 0 Å². The molecule has 0 aliphatic heterocycles. The van der Waals surface area contributed by atoms with E-state index in [1.54, 1.807) is 0 Å². The SMILES string of the molecule is Cn1c(NC(=O)CSc2nnc(SCC(=O)Nc3cc(=O)n(C)c(=O)n3C)s2)cc(=O)n(C)c1=O. The van der Waals surface area contributed by atoms with Crippen molar-refractivity contribution >= 4 is 58.3 Å². The Bertz CT molecular complexity index is 1420. The maximum absolute atomic E-state index is 12.2. The van der Waals surface area contributed by atoms with Crippen molar-refractivity contribution in [3.05, 3.63) is 53.8 Å². The second-order valence-corrected chi connectivity index (χ2v) is 10.5. The van der Waals surface area contributed by atoms with Gasteiger partial charge in [-0.3, -0.25) is 37.4 Å². The van der Waals surface area contributed by atoms with Crippen LogP contribution in [0.25, 0.3) is 0 Å². The molecule has 0 bridgehead atoms. The fourth-order valence-corrected chi connectivity index (χ4v) is 5.25. The third kappa shape index (κ3) is 6.17. The zero-order chi connectivity index (χ0) is 25.9. The Balaban J connectivity index is 1.52. The molecule has 2 N–H and O–H groups in total. The van der Waals surface area contributed by atoms with Gasteiger partial charge in [-0.15, -0.1) is 10.2 Å². The smallest absolute Gasteiger partial charge is 0.311 e. The number of anilines is 2. The number of aromatic nitrogens is 6. The van der Waals surface area contributed by atoms with Gasteiger partial charge in [0.25, 0.3) is 11.1 Å². The number of hydrogen-bond acceptors (Lipinski definition) is 11. The standard InChI is InChI=1S/C18H20N8O6S3/c1-23-9(5-13(29)25(3)17(23)31)19-11(27)7-33-15-21-22-16(35-15)34-8-12(28)20-10-6-14(30)26(4)18(32)24(10)2/h5-6H,7-8H2,1-4H3,(H,19,27)(H,20,28). The number of nitrogens with zero attached hydrogens (tertiary/aromatic N) is 6. The molecular weight excluding hydrogens is 520 g/mol. The molecule has 0 saturated heterocycles. The van der Waals surface area contributed by atoms with Gasteiger partial charge in [-0.05, 0) is 0 Å². The predicted molar refractivity (Wildman–Crippen MR) is 132 cm³/mol. The van der Waals surface area contributed by atoms with Crippen molar-refractivity contribution in [3.63, 3.8) is 0 Å². The molecule has 0 aliphatic rings. The first-order chi connectivity index (χ1) is 16.5. The summed E-state index contributed by atoms with van der Waals surface area (Å²) >= 11 is 3.38. The van der Waals surface area contributed by atoms with Gasteiger partial charge in [0.05, 0.1) is 11.5 Å². The summed E-state index contributed by atoms with van der Waals surface area (Å²) in [6, 6.07) is 2.31. The van der Waals surface area contributed by atoms with E-state index in [1.165, 1.54) is 39.5 Å². The minimum Gasteiger partial charge on any atom is -0.311 e. The third-order valence-electron chi connectivity index (χ3n) is 4.63. The minimum absolute atomic E-state index is 0.0415. The number of hydrogen-bond donors (Lipinski definition) is 2. The van der Waals surface area contributed by atoms with E-state index in [0.717, 1.165) is 53.9 Å². The molecule has 0 aromatic carbocycles. The molecule has 2 amide bonds. The average Bonchev–Trinajstić information content (AvgIpc) is 3.28. The molecule has 0 atom stereocenters. The molecule has 0 unspecified atom stereocenters. The summed E-state index contributed by atoms with van der Waals surface area (Å²) in [6.07, 6.45) is 0. The molecule has 3 aromatic rings. The highest BCUT2D eigenvalue weighted by molar-refractivity contribution is 8.03. The molecule has 3 aromatic heterocycles. The Morgan fingerprint density at radius 1 is 0.743 bits per heavy atom. The molecule has 0 aliphatic carbocycles. The number of thioether (sulfide) groups is 2. The molecule has 0 radical (unpaired) electrons. The lowest BCUT2D eigenvalue weighted by atomic mass is 10.5. The van der Waals surface area contributed by atoms with Gasteiger partial charge in [0.1, 0.15) is 11.6 Å². The van der Waals surface area contributed by atoms with Crippen LogP contribution in [0.4, 0.5) is 11.6 Å². The van der Waals surface area contributed by atoms with Crippen LogP contribution in [0.3, 0.4) is 0 Å². The van der Waals surface area contributed by atoms with Crippen molar-refractivity contribution in [2.75, 3.05) is 22.1 Å². The van der Waals surface area contributed by atoms with Crippen molar-refractivity contribution in [3.8, 4) is 0 Å². The fourth-order valence-electron chi connectivity index (χ4n) is 2.63. The summed E-state index contributed by atoms with van der Waals surface area (Å²) in [6.45, 7) is 0. The van der Waals surface area contributed by atoms with Crippen LogP contribution in [-0.2, 0) is 37.8 Å². The summed E-state index contributed by atoms with van der Waals surface area (Å²) in [5.74, 6) is -0.808. The lowest BCUT2D eigenvalue weighted by molar-refractivity contribution is -0.114. The van der Waals surface area contributed by atoms with Gasteiger partial charge in [-0.25, -0.2) is 9.59 Å². The zero-order valence-electron chi connectivity index (χ0n) is 18.9. The molecule has 0 saturated carbocycles. The highest BCUT2D eigenvalue weighted by Gasteiger charge is 2.14. The Morgan fingerprint density at radius 3 is 1.49 bits per heavy atom. The number of carbonyl (C=O) groups is 2. The molecule has 0 fully saturated rings. The fraction of sp³-hybridized carbons (Fsp3) is 0.333. The van der Waals surface area contributed by atoms with Crippen LogP contribution >= 0.6 is 34.9 Å². The van der Waals surface area contributed by atoms with Crippen molar-refractivity contribution in [2.45, 2.75) is 8.68 Å². The quantitative estimate of drug-likeness (QED) is 0.330. The van der Waals surface area contributed by atoms with Gasteiger partial charge in [0, 0.05) is 40.3 Å². The van der Waals surface area contributed by atoms with Gasteiger partial charge in [0.15, 0.2) is 8.68 Å². The van der Waals surface area contributed by atoms with Gasteiger partial charge in [-0.1, -0.05) is 34.9 Å². The topological polar surface area (TPSA) is 172 Å². The number of amides is 2. The van der Waals surface area contributed by atoms with E-state index in [2.05, 4.69) is 20.8 Å². The molecule has 14 nitrogen and oxygen atoms in total. The van der Waals surface area contributed by atoms with Crippen molar-refractivity contribution < 1.29 is 9.59 Å². The number of carbonyl (C=O) groups excluding carboxylic acids is 2. The first-order valence-electron chi connectivity index (χ1n) is 9.71. The Morgan fingerprint density at radius 2 is 1.11 bits per heavy atom. The summed E-state index contributed by atoms with van der Waals surface area (Å²) < 4.78 is 5.12. The first kappa shape index (κ1) is 26.2. The van der Waals surface area contributed by atoms with E-state index in [0.29, 0.717) is 8.68 Å². The van der Waals surface area contributed by atoms with E-state index >= 15 is 0 Å². The van der Waals surface area contributed by atoms with Crippen LogP contribution in [-0.4, -0.2) is 51.8 Å². The monoisotopic (exact) mass is 540 g/mol. The second-order valence-electron chi connectivity index (χ2n) is 7.04. The summed E-state index contributed by atoms with van der Waals surface area (Å²) in [7, 11) is 5.55. The highest BCUT2D eigenvalue weighted by atomic mass is 32.2. The van der Waals surface area contributed by atoms with E-state index in [9.17, 15) is 28.8 Å². The molecular formula is C18H20N8O6S3. The van der Waals surface area contributed by atoms with Gasteiger partial charge in [-0.2, -0.15) is 0 Å². The lowest BCUT2D eigenvalue weighted by Crippen LogP contribution is -2.38. The van der Waals surface area contributed by atoms with Crippen LogP contribution in [0.5, 0.6) is 0 Å². The van der Waals surface area contributed by atoms with Gasteiger partial charge in [0.2, 0.25) is 11.8 Å². The predicted octanol–water partition coefficient (Wildman–Crippen LogP) is -1.21. The molecule has 0 spiro atoms. The number of rotatable bonds is 8. The summed E-state index contributed by atoms with van der Waals surface area (Å²) in [5, 5.41) is 13.0. The van der Waals surface area contributed by atoms with E-state index in [4.69, 9.17) is 0 Å². The molecule has 186 valence electrons. The first-order valence-corrected chi connectivity index (χ1v) is 12.5. The summed E-state index contributed by atoms with van der Waals surface area (Å²) in [4.78, 5) is 71.9. The lowest BCUT2D eigenvalue weighted by Gasteiger charge is -2.10. The van der Waals surface area contributed by atoms with Crippen molar-refractivity contribution in [1.82, 2.24) is 28.5 Å². The van der Waals surface area contributed by atoms with Crippen LogP contribution in [0.1, 0.15) is 0 Å². The maximum atomic E-state index is 12.2. The Kier molecular flexibility index (Phi) is 8.13. The van der Waals surface area contributed by atoms with Crippen LogP contribution in [0.15, 0.2) is 40.0 Å². The van der Waals surface area contributed by atoms with E-state index < -0.39 is 34.3 Å². The Labute approximate surface area is 209 Å². The molecule has 3 rings (SSSR count). The zero-order valence-corrected chi connectivity index (χ0v) is 21.4. The summed E-state index contributed by atoms with van der Waals surface area (Å²) in [5.41, 5.74) is -2.20. The largest absolute Gasteiger partial charge is 0.332 e. The number of nitrogens with one attached hydrogen (secondary N) is 2. The third-order valence-corrected chi connectivity index (χ3v) is 7.82. The van der Waals surface area contributed by atoms with E-state index in [-0.39, 0.29) is 23.1 Å². The van der Waals surface area contributed by atoms with Crippen LogP contribution < -0.4 is 33.1 Å². The minimum atomic E-state index is -0.563. The van der Waals surface area contributed by atoms with Crippen molar-refractivity contribution in [2.24, 2.45) is 28.2 Å². The second kappa shape index (κ2) is 10.9. The highest BCUT2D eigenvalue weighted by Crippen LogP contribution is 2.28. The van der Waals surface area contributed by atoms with Crippen LogP contribution in [0.2, 0.25) is 0 Å². The van der Waals surface area contributed by atoms with Crippen molar-refractivity contribution in [1.29, 1.82) is 0 Å². The average molecular weight is 541 g/mol. The van der Waals surface area contributed by atoms with Gasteiger partial charge >= 0.3 is 11.4 Å². The molecule has 17 heteroatoms. The Hall–Kier alpha value is -3.44. The van der Waals surface area contributed by atoms with Gasteiger partial charge < -0.3 is 10.6 Å². The maximum Gasteiger partial charge on any atom is 0.332 e. The molecule has 3 heterocycles. The normalized spacial score (nSPS) is 10.9. The molecule has 35 heavy (non-hydrogen) atoms. The van der Waals surface area contributed by atoms with E-state index in [1.807, 2.05) is 0 Å².